The summed E-state index contributed by atoms with van der Waals surface area (Å²) in [4.78, 5) is 14.9. The van der Waals surface area contributed by atoms with Crippen LogP contribution in [0.15, 0.2) is 59.5 Å². The zero-order valence-corrected chi connectivity index (χ0v) is 17.6. The molecule has 2 aromatic rings. The Morgan fingerprint density at radius 2 is 1.71 bits per heavy atom. The van der Waals surface area contributed by atoms with E-state index in [-0.39, 0.29) is 42.3 Å². The smallest absolute Gasteiger partial charge is 0.227 e. The number of likely N-dealkylation sites (tertiary alicyclic amines) is 1. The largest absolute Gasteiger partial charge is 0.341 e. The number of benzene rings is 2. The molecule has 7 heteroatoms. The zero-order chi connectivity index (χ0) is 19.4. The lowest BCUT2D eigenvalue weighted by molar-refractivity contribution is -0.129. The number of hydrogen-bond donors (Lipinski definition) is 1. The minimum atomic E-state index is -3.22. The van der Waals surface area contributed by atoms with Crippen LogP contribution < -0.4 is 5.73 Å². The second kappa shape index (κ2) is 9.54. The first-order valence-corrected chi connectivity index (χ1v) is 10.9. The first-order chi connectivity index (χ1) is 12.9. The van der Waals surface area contributed by atoms with Crippen molar-refractivity contribution in [2.24, 2.45) is 11.7 Å². The van der Waals surface area contributed by atoms with Crippen molar-refractivity contribution in [3.8, 4) is 0 Å². The van der Waals surface area contributed by atoms with E-state index in [1.807, 2.05) is 23.1 Å². The van der Waals surface area contributed by atoms with Gasteiger partial charge in [0.1, 0.15) is 0 Å². The summed E-state index contributed by atoms with van der Waals surface area (Å²) in [6, 6.07) is 16.8. The van der Waals surface area contributed by atoms with Crippen LogP contribution in [0, 0.1) is 5.92 Å². The van der Waals surface area contributed by atoms with Crippen LogP contribution >= 0.6 is 12.4 Å². The van der Waals surface area contributed by atoms with E-state index in [0.717, 1.165) is 5.56 Å². The fourth-order valence-corrected chi connectivity index (χ4v) is 4.54. The second-order valence-electron chi connectivity index (χ2n) is 7.04. The third kappa shape index (κ3) is 4.93. The summed E-state index contributed by atoms with van der Waals surface area (Å²) in [5, 5.41) is 0. The van der Waals surface area contributed by atoms with E-state index in [1.54, 1.807) is 31.2 Å². The highest BCUT2D eigenvalue weighted by Gasteiger charge is 2.35. The van der Waals surface area contributed by atoms with Crippen LogP contribution in [0.3, 0.4) is 0 Å². The molecule has 28 heavy (non-hydrogen) atoms. The van der Waals surface area contributed by atoms with Crippen molar-refractivity contribution in [2.45, 2.75) is 24.2 Å². The average Bonchev–Trinajstić information content (AvgIpc) is 3.14. The molecule has 0 unspecified atom stereocenters. The van der Waals surface area contributed by atoms with Crippen LogP contribution in [-0.2, 0) is 21.1 Å². The summed E-state index contributed by atoms with van der Waals surface area (Å²) in [7, 11) is -3.22. The number of rotatable bonds is 6. The van der Waals surface area contributed by atoms with Gasteiger partial charge in [-0.1, -0.05) is 49.4 Å². The van der Waals surface area contributed by atoms with Gasteiger partial charge in [0.2, 0.25) is 5.91 Å². The number of nitrogens with two attached hydrogens (primary N) is 1. The average molecular weight is 423 g/mol. The van der Waals surface area contributed by atoms with E-state index in [4.69, 9.17) is 5.73 Å². The number of carbonyl (C=O) groups is 1. The van der Waals surface area contributed by atoms with Crippen LogP contribution in [-0.4, -0.2) is 44.6 Å². The highest BCUT2D eigenvalue weighted by molar-refractivity contribution is 7.91. The lowest BCUT2D eigenvalue weighted by atomic mass is 9.89. The summed E-state index contributed by atoms with van der Waals surface area (Å²) in [5.41, 5.74) is 7.99. The summed E-state index contributed by atoms with van der Waals surface area (Å²) < 4.78 is 23.8. The lowest BCUT2D eigenvalue weighted by Crippen LogP contribution is -2.31. The van der Waals surface area contributed by atoms with Gasteiger partial charge in [0.05, 0.1) is 17.1 Å². The SMILES string of the molecule is CCS(=O)(=O)c1ccc(CC(=O)N2C[C@@H](CN)[C@H](c3ccccc3)C2)cc1.Cl. The fourth-order valence-electron chi connectivity index (χ4n) is 3.66. The highest BCUT2D eigenvalue weighted by Crippen LogP contribution is 2.32. The summed E-state index contributed by atoms with van der Waals surface area (Å²) in [5.74, 6) is 0.643. The number of sulfone groups is 1. The Morgan fingerprint density at radius 1 is 1.07 bits per heavy atom. The number of carbonyl (C=O) groups excluding carboxylic acids is 1. The van der Waals surface area contributed by atoms with Crippen molar-refractivity contribution >= 4 is 28.2 Å². The molecule has 0 aromatic heterocycles. The third-order valence-corrected chi connectivity index (χ3v) is 7.09. The van der Waals surface area contributed by atoms with Crippen LogP contribution in [0.5, 0.6) is 0 Å². The van der Waals surface area contributed by atoms with E-state index in [2.05, 4.69) is 12.1 Å². The van der Waals surface area contributed by atoms with Crippen molar-refractivity contribution in [1.29, 1.82) is 0 Å². The van der Waals surface area contributed by atoms with Crippen LogP contribution in [0.2, 0.25) is 0 Å². The Hall–Kier alpha value is -1.89. The maximum atomic E-state index is 12.8. The molecular formula is C21H27ClN2O3S. The second-order valence-corrected chi connectivity index (χ2v) is 9.31. The molecule has 2 atom stereocenters. The molecule has 152 valence electrons. The maximum absolute atomic E-state index is 12.8. The third-order valence-electron chi connectivity index (χ3n) is 5.34. The molecule has 0 radical (unpaired) electrons. The Balaban J connectivity index is 0.00000280. The first kappa shape index (κ1) is 22.4. The minimum absolute atomic E-state index is 0. The molecule has 1 heterocycles. The highest BCUT2D eigenvalue weighted by atomic mass is 35.5. The Labute approximate surface area is 173 Å². The van der Waals surface area contributed by atoms with Crippen molar-refractivity contribution < 1.29 is 13.2 Å². The molecule has 0 aliphatic carbocycles. The summed E-state index contributed by atoms with van der Waals surface area (Å²) in [6.45, 7) is 3.51. The van der Waals surface area contributed by atoms with Gasteiger partial charge in [-0.2, -0.15) is 0 Å². The zero-order valence-electron chi connectivity index (χ0n) is 16.0. The molecule has 0 saturated carbocycles. The van der Waals surface area contributed by atoms with Gasteiger partial charge in [-0.15, -0.1) is 12.4 Å². The van der Waals surface area contributed by atoms with Crippen molar-refractivity contribution in [3.05, 3.63) is 65.7 Å². The molecule has 1 fully saturated rings. The van der Waals surface area contributed by atoms with E-state index >= 15 is 0 Å². The van der Waals surface area contributed by atoms with Crippen molar-refractivity contribution in [1.82, 2.24) is 4.90 Å². The van der Waals surface area contributed by atoms with Gasteiger partial charge in [0, 0.05) is 19.0 Å². The number of nitrogens with zero attached hydrogens (tertiary/aromatic N) is 1. The lowest BCUT2D eigenvalue weighted by Gasteiger charge is -2.17. The molecule has 1 saturated heterocycles. The molecule has 2 N–H and O–H groups in total. The van der Waals surface area contributed by atoms with Gasteiger partial charge in [-0.25, -0.2) is 8.42 Å². The fraction of sp³-hybridized carbons (Fsp3) is 0.381. The predicted octanol–water partition coefficient (Wildman–Crippen LogP) is 2.65. The Bertz CT molecular complexity index is 886. The van der Waals surface area contributed by atoms with Crippen LogP contribution in [0.4, 0.5) is 0 Å². The van der Waals surface area contributed by atoms with Gasteiger partial charge in [0.25, 0.3) is 0 Å². The number of halogens is 1. The molecule has 1 aliphatic heterocycles. The van der Waals surface area contributed by atoms with Crippen LogP contribution in [0.1, 0.15) is 24.0 Å². The molecule has 1 amide bonds. The molecule has 2 aromatic carbocycles. The van der Waals surface area contributed by atoms with E-state index in [9.17, 15) is 13.2 Å². The summed E-state index contributed by atoms with van der Waals surface area (Å²) in [6.07, 6.45) is 0.269. The quantitative estimate of drug-likeness (QED) is 0.775. The molecule has 5 nitrogen and oxygen atoms in total. The van der Waals surface area contributed by atoms with Gasteiger partial charge in [-0.3, -0.25) is 4.79 Å². The predicted molar refractivity (Wildman–Crippen MR) is 113 cm³/mol. The molecule has 0 bridgehead atoms. The molecule has 0 spiro atoms. The van der Waals surface area contributed by atoms with Gasteiger partial charge in [0.15, 0.2) is 9.84 Å². The summed E-state index contributed by atoms with van der Waals surface area (Å²) >= 11 is 0. The standard InChI is InChI=1S/C21H26N2O3S.ClH/c1-2-27(25,26)19-10-8-16(9-11-19)12-21(24)23-14-18(13-22)20(15-23)17-6-4-3-5-7-17;/h3-11,18,20H,2,12-15,22H2,1H3;1H/t18-,20+;/m1./s1. The number of hydrogen-bond acceptors (Lipinski definition) is 4. The van der Waals surface area contributed by atoms with Gasteiger partial charge >= 0.3 is 0 Å². The monoisotopic (exact) mass is 422 g/mol. The van der Waals surface area contributed by atoms with Crippen molar-refractivity contribution in [3.63, 3.8) is 0 Å². The normalized spacial score (nSPS) is 19.3. The minimum Gasteiger partial charge on any atom is -0.341 e. The molecular weight excluding hydrogens is 396 g/mol. The Kier molecular flexibility index (Phi) is 7.63. The van der Waals surface area contributed by atoms with Gasteiger partial charge in [-0.05, 0) is 35.7 Å². The van der Waals surface area contributed by atoms with E-state index in [0.29, 0.717) is 24.5 Å². The van der Waals surface area contributed by atoms with E-state index < -0.39 is 9.84 Å². The first-order valence-electron chi connectivity index (χ1n) is 9.29. The van der Waals surface area contributed by atoms with E-state index in [1.165, 1.54) is 5.56 Å². The molecule has 3 rings (SSSR count). The Morgan fingerprint density at radius 3 is 2.29 bits per heavy atom. The molecule has 1 aliphatic rings. The number of amides is 1. The topological polar surface area (TPSA) is 80.5 Å². The van der Waals surface area contributed by atoms with Gasteiger partial charge < -0.3 is 10.6 Å². The van der Waals surface area contributed by atoms with Crippen LogP contribution in [0.25, 0.3) is 0 Å². The van der Waals surface area contributed by atoms with Crippen molar-refractivity contribution in [2.75, 3.05) is 25.4 Å². The maximum Gasteiger partial charge on any atom is 0.227 e.